The molecule has 2 rings (SSSR count). The van der Waals surface area contributed by atoms with Gasteiger partial charge in [0.1, 0.15) is 5.82 Å². The van der Waals surface area contributed by atoms with Crippen LogP contribution in [-0.2, 0) is 11.2 Å². The van der Waals surface area contributed by atoms with Crippen LogP contribution in [0.2, 0.25) is 0 Å². The van der Waals surface area contributed by atoms with Crippen molar-refractivity contribution < 1.29 is 4.74 Å². The predicted molar refractivity (Wildman–Crippen MR) is 87.7 cm³/mol. The Kier molecular flexibility index (Phi) is 5.87. The van der Waals surface area contributed by atoms with Gasteiger partial charge in [0.05, 0.1) is 23.7 Å². The quantitative estimate of drug-likeness (QED) is 0.677. The van der Waals surface area contributed by atoms with Crippen LogP contribution >= 0.6 is 27.5 Å². The van der Waals surface area contributed by atoms with Crippen molar-refractivity contribution >= 4 is 38.6 Å². The maximum absolute atomic E-state index is 5.93. The number of aromatic nitrogens is 2. The Balaban J connectivity index is 2.55. The first-order valence-corrected chi connectivity index (χ1v) is 8.25. The van der Waals surface area contributed by atoms with Crippen LogP contribution in [0.4, 0.5) is 0 Å². The van der Waals surface area contributed by atoms with E-state index >= 15 is 0 Å². The van der Waals surface area contributed by atoms with Gasteiger partial charge < -0.3 is 9.30 Å². The zero-order chi connectivity index (χ0) is 14.5. The molecular weight excluding hydrogens is 340 g/mol. The number of fused-ring (bicyclic) bond motifs is 1. The highest BCUT2D eigenvalue weighted by Crippen LogP contribution is 2.27. The highest BCUT2D eigenvalue weighted by Gasteiger charge is 2.18. The summed E-state index contributed by atoms with van der Waals surface area (Å²) in [6, 6.07) is 6.50. The summed E-state index contributed by atoms with van der Waals surface area (Å²) in [4.78, 5) is 4.73. The maximum atomic E-state index is 5.93. The van der Waals surface area contributed by atoms with Crippen molar-refractivity contribution in [2.75, 3.05) is 19.6 Å². The highest BCUT2D eigenvalue weighted by molar-refractivity contribution is 9.10. The summed E-state index contributed by atoms with van der Waals surface area (Å²) in [6.07, 6.45) is 2.96. The lowest BCUT2D eigenvalue weighted by Crippen LogP contribution is -2.17. The van der Waals surface area contributed by atoms with E-state index in [0.717, 1.165) is 40.6 Å². The molecule has 0 saturated carbocycles. The molecule has 1 atom stereocenters. The van der Waals surface area contributed by atoms with Crippen LogP contribution in [0.3, 0.4) is 0 Å². The van der Waals surface area contributed by atoms with E-state index in [4.69, 9.17) is 21.3 Å². The van der Waals surface area contributed by atoms with Crippen LogP contribution in [0, 0.1) is 0 Å². The van der Waals surface area contributed by atoms with E-state index in [1.165, 1.54) is 0 Å². The Morgan fingerprint density at radius 2 is 2.25 bits per heavy atom. The minimum Gasteiger partial charge on any atom is -0.383 e. The van der Waals surface area contributed by atoms with Gasteiger partial charge in [0, 0.05) is 23.9 Å². The third-order valence-electron chi connectivity index (χ3n) is 3.39. The maximum Gasteiger partial charge on any atom is 0.111 e. The SMILES string of the molecule is CCCC(COC)n1c(CCCl)nc2ccc(Br)cc21. The molecule has 110 valence electrons. The lowest BCUT2D eigenvalue weighted by atomic mass is 10.1. The van der Waals surface area contributed by atoms with Crippen molar-refractivity contribution in [1.29, 1.82) is 0 Å². The van der Waals surface area contributed by atoms with Gasteiger partial charge in [0.15, 0.2) is 0 Å². The largest absolute Gasteiger partial charge is 0.383 e. The molecule has 5 heteroatoms. The van der Waals surface area contributed by atoms with Crippen LogP contribution in [0.25, 0.3) is 11.0 Å². The number of rotatable bonds is 7. The molecule has 20 heavy (non-hydrogen) atoms. The fourth-order valence-electron chi connectivity index (χ4n) is 2.60. The minimum atomic E-state index is 0.308. The molecule has 0 fully saturated rings. The average Bonchev–Trinajstić information content (AvgIpc) is 2.76. The molecule has 1 heterocycles. The molecule has 0 amide bonds. The Hall–Kier alpha value is -0.580. The number of methoxy groups -OCH3 is 1. The Morgan fingerprint density at radius 3 is 2.90 bits per heavy atom. The fraction of sp³-hybridized carbons (Fsp3) is 0.533. The molecule has 0 saturated heterocycles. The first kappa shape index (κ1) is 15.8. The van der Waals surface area contributed by atoms with Crippen molar-refractivity contribution in [3.05, 3.63) is 28.5 Å². The first-order valence-electron chi connectivity index (χ1n) is 6.92. The number of halogens is 2. The molecular formula is C15H20BrClN2O. The van der Waals surface area contributed by atoms with E-state index in [-0.39, 0.29) is 0 Å². The molecule has 0 aliphatic heterocycles. The Morgan fingerprint density at radius 1 is 1.45 bits per heavy atom. The molecule has 3 nitrogen and oxygen atoms in total. The van der Waals surface area contributed by atoms with E-state index in [0.29, 0.717) is 18.5 Å². The van der Waals surface area contributed by atoms with Crippen LogP contribution in [0.5, 0.6) is 0 Å². The lowest BCUT2D eigenvalue weighted by Gasteiger charge is -2.20. The second-order valence-electron chi connectivity index (χ2n) is 4.87. The zero-order valence-corrected chi connectivity index (χ0v) is 14.2. The van der Waals surface area contributed by atoms with Crippen LogP contribution in [-0.4, -0.2) is 29.1 Å². The number of imidazole rings is 1. The summed E-state index contributed by atoms with van der Waals surface area (Å²) in [7, 11) is 1.75. The number of alkyl halides is 1. The normalized spacial score (nSPS) is 13.0. The van der Waals surface area contributed by atoms with Gasteiger partial charge >= 0.3 is 0 Å². The number of nitrogens with zero attached hydrogens (tertiary/aromatic N) is 2. The van der Waals surface area contributed by atoms with Crippen LogP contribution in [0.1, 0.15) is 31.6 Å². The van der Waals surface area contributed by atoms with E-state index in [1.54, 1.807) is 7.11 Å². The van der Waals surface area contributed by atoms with Gasteiger partial charge in [-0.05, 0) is 24.6 Å². The Labute approximate surface area is 133 Å². The molecule has 0 aliphatic carbocycles. The highest BCUT2D eigenvalue weighted by atomic mass is 79.9. The number of hydrogen-bond acceptors (Lipinski definition) is 2. The minimum absolute atomic E-state index is 0.308. The van der Waals surface area contributed by atoms with E-state index in [2.05, 4.69) is 33.5 Å². The molecule has 0 aliphatic rings. The van der Waals surface area contributed by atoms with Gasteiger partial charge in [-0.25, -0.2) is 4.98 Å². The van der Waals surface area contributed by atoms with E-state index in [9.17, 15) is 0 Å². The van der Waals surface area contributed by atoms with E-state index < -0.39 is 0 Å². The topological polar surface area (TPSA) is 27.1 Å². The molecule has 1 aromatic heterocycles. The van der Waals surface area contributed by atoms with Crippen molar-refractivity contribution in [1.82, 2.24) is 9.55 Å². The summed E-state index contributed by atoms with van der Waals surface area (Å²) in [5, 5.41) is 0. The fourth-order valence-corrected chi connectivity index (χ4v) is 3.11. The van der Waals surface area contributed by atoms with Crippen LogP contribution < -0.4 is 0 Å². The number of hydrogen-bond donors (Lipinski definition) is 0. The molecule has 0 spiro atoms. The summed E-state index contributed by atoms with van der Waals surface area (Å²) in [5.74, 6) is 1.62. The summed E-state index contributed by atoms with van der Waals surface area (Å²) >= 11 is 9.48. The summed E-state index contributed by atoms with van der Waals surface area (Å²) in [5.41, 5.74) is 2.17. The third kappa shape index (κ3) is 3.35. The third-order valence-corrected chi connectivity index (χ3v) is 4.07. The number of ether oxygens (including phenoxy) is 1. The average molecular weight is 360 g/mol. The number of benzene rings is 1. The second kappa shape index (κ2) is 7.43. The summed E-state index contributed by atoms with van der Waals surface area (Å²) < 4.78 is 8.77. The van der Waals surface area contributed by atoms with Crippen molar-refractivity contribution in [3.63, 3.8) is 0 Å². The van der Waals surface area contributed by atoms with Crippen molar-refractivity contribution in [2.45, 2.75) is 32.2 Å². The standard InChI is InChI=1S/C15H20BrClN2O/c1-3-4-12(10-20-2)19-14-9-11(16)5-6-13(14)18-15(19)7-8-17/h5-6,9,12H,3-4,7-8,10H2,1-2H3. The zero-order valence-electron chi connectivity index (χ0n) is 11.9. The van der Waals surface area contributed by atoms with Crippen molar-refractivity contribution in [3.8, 4) is 0 Å². The molecule has 1 unspecified atom stereocenters. The Bertz CT molecular complexity index is 564. The van der Waals surface area contributed by atoms with Gasteiger partial charge in [0.2, 0.25) is 0 Å². The van der Waals surface area contributed by atoms with Crippen molar-refractivity contribution in [2.24, 2.45) is 0 Å². The molecule has 0 N–H and O–H groups in total. The molecule has 1 aromatic carbocycles. The smallest absolute Gasteiger partial charge is 0.111 e. The summed E-state index contributed by atoms with van der Waals surface area (Å²) in [6.45, 7) is 2.89. The number of aryl methyl sites for hydroxylation is 1. The monoisotopic (exact) mass is 358 g/mol. The first-order chi connectivity index (χ1) is 9.71. The molecule has 0 radical (unpaired) electrons. The lowest BCUT2D eigenvalue weighted by molar-refractivity contribution is 0.151. The van der Waals surface area contributed by atoms with Gasteiger partial charge in [-0.3, -0.25) is 0 Å². The van der Waals surface area contributed by atoms with E-state index in [1.807, 2.05) is 12.1 Å². The van der Waals surface area contributed by atoms with Crippen LogP contribution in [0.15, 0.2) is 22.7 Å². The van der Waals surface area contributed by atoms with Gasteiger partial charge in [0.25, 0.3) is 0 Å². The molecule has 2 aromatic rings. The predicted octanol–water partition coefficient (Wildman–Crippen LogP) is 4.57. The van der Waals surface area contributed by atoms with Gasteiger partial charge in [-0.2, -0.15) is 0 Å². The van der Waals surface area contributed by atoms with Gasteiger partial charge in [-0.15, -0.1) is 11.6 Å². The molecule has 0 bridgehead atoms. The van der Waals surface area contributed by atoms with Gasteiger partial charge in [-0.1, -0.05) is 29.3 Å². The second-order valence-corrected chi connectivity index (χ2v) is 6.16.